The predicted octanol–water partition coefficient (Wildman–Crippen LogP) is 1.20. The van der Waals surface area contributed by atoms with Crippen molar-refractivity contribution in [1.29, 1.82) is 0 Å². The minimum atomic E-state index is -0.0100. The maximum Gasteiger partial charge on any atom is 0.244 e. The molecule has 0 aromatic carbocycles. The molecule has 2 aromatic rings. The highest BCUT2D eigenvalue weighted by Crippen LogP contribution is 2.12. The van der Waals surface area contributed by atoms with E-state index in [-0.39, 0.29) is 24.4 Å². The van der Waals surface area contributed by atoms with Gasteiger partial charge in [0.1, 0.15) is 6.54 Å². The molecule has 0 bridgehead atoms. The van der Waals surface area contributed by atoms with Crippen molar-refractivity contribution in [3.05, 3.63) is 47.5 Å². The molecule has 0 spiro atoms. The lowest BCUT2D eigenvalue weighted by atomic mass is 10.2. The Kier molecular flexibility index (Phi) is 5.11. The van der Waals surface area contributed by atoms with E-state index >= 15 is 0 Å². The van der Waals surface area contributed by atoms with Gasteiger partial charge in [-0.3, -0.25) is 19.3 Å². The van der Waals surface area contributed by atoms with Gasteiger partial charge in [0.2, 0.25) is 11.8 Å². The molecule has 2 aromatic heterocycles. The summed E-state index contributed by atoms with van der Waals surface area (Å²) < 4.78 is 1.73. The molecule has 7 nitrogen and oxygen atoms in total. The van der Waals surface area contributed by atoms with Gasteiger partial charge in [-0.1, -0.05) is 0 Å². The summed E-state index contributed by atoms with van der Waals surface area (Å²) in [6.07, 6.45) is 4.73. The molecule has 1 saturated heterocycles. The third kappa shape index (κ3) is 4.43. The molecule has 3 rings (SSSR count). The van der Waals surface area contributed by atoms with Crippen LogP contribution in [0.5, 0.6) is 0 Å². The molecule has 1 aliphatic rings. The average molecular weight is 341 g/mol. The van der Waals surface area contributed by atoms with Gasteiger partial charge in [-0.25, -0.2) is 0 Å². The first-order valence-electron chi connectivity index (χ1n) is 8.48. The first-order chi connectivity index (χ1) is 12.0. The predicted molar refractivity (Wildman–Crippen MR) is 92.5 cm³/mol. The zero-order valence-corrected chi connectivity index (χ0v) is 14.6. The molecule has 7 heteroatoms. The number of hydrogen-bond donors (Lipinski definition) is 1. The molecule has 3 heterocycles. The fourth-order valence-electron chi connectivity index (χ4n) is 3.11. The lowest BCUT2D eigenvalue weighted by Gasteiger charge is -2.26. The van der Waals surface area contributed by atoms with E-state index < -0.39 is 0 Å². The van der Waals surface area contributed by atoms with E-state index in [9.17, 15) is 9.59 Å². The Bertz CT molecular complexity index is 756. The molecule has 1 atom stereocenters. The summed E-state index contributed by atoms with van der Waals surface area (Å²) in [4.78, 5) is 30.2. The number of aromatic nitrogens is 3. The molecular formula is C18H23N5O2. The average Bonchev–Trinajstić information content (AvgIpc) is 3.12. The number of nitrogens with one attached hydrogen (secondary N) is 1. The van der Waals surface area contributed by atoms with Gasteiger partial charge in [-0.05, 0) is 44.0 Å². The maximum absolute atomic E-state index is 12.9. The van der Waals surface area contributed by atoms with Gasteiger partial charge in [-0.15, -0.1) is 0 Å². The van der Waals surface area contributed by atoms with Crippen LogP contribution in [0.25, 0.3) is 0 Å². The van der Waals surface area contributed by atoms with Crippen molar-refractivity contribution >= 4 is 11.8 Å². The summed E-state index contributed by atoms with van der Waals surface area (Å²) in [6, 6.07) is 5.77. The van der Waals surface area contributed by atoms with Crippen LogP contribution >= 0.6 is 0 Å². The number of pyridine rings is 1. The van der Waals surface area contributed by atoms with Gasteiger partial charge in [0.15, 0.2) is 0 Å². The first-order valence-corrected chi connectivity index (χ1v) is 8.48. The van der Waals surface area contributed by atoms with Crippen molar-refractivity contribution < 1.29 is 9.59 Å². The van der Waals surface area contributed by atoms with E-state index in [1.807, 2.05) is 32.0 Å². The highest BCUT2D eigenvalue weighted by Gasteiger charge is 2.25. The second kappa shape index (κ2) is 7.46. The van der Waals surface area contributed by atoms with E-state index in [1.54, 1.807) is 22.0 Å². The second-order valence-corrected chi connectivity index (χ2v) is 6.52. The van der Waals surface area contributed by atoms with Gasteiger partial charge in [0, 0.05) is 43.6 Å². The Balaban J connectivity index is 1.73. The number of carbonyl (C=O) groups excluding carboxylic acids is 2. The fourth-order valence-corrected chi connectivity index (χ4v) is 3.11. The number of aryl methyl sites for hydroxylation is 2. The molecule has 1 aliphatic heterocycles. The van der Waals surface area contributed by atoms with Crippen LogP contribution in [-0.2, 0) is 22.7 Å². The Labute approximate surface area is 147 Å². The maximum atomic E-state index is 12.9. The van der Waals surface area contributed by atoms with E-state index in [1.165, 1.54) is 0 Å². The van der Waals surface area contributed by atoms with Crippen LogP contribution in [0.3, 0.4) is 0 Å². The van der Waals surface area contributed by atoms with Crippen LogP contribution in [0, 0.1) is 13.8 Å². The summed E-state index contributed by atoms with van der Waals surface area (Å²) in [5, 5.41) is 7.31. The van der Waals surface area contributed by atoms with Gasteiger partial charge in [0.05, 0.1) is 5.69 Å². The normalized spacial score (nSPS) is 16.7. The molecule has 0 radical (unpaired) electrons. The van der Waals surface area contributed by atoms with E-state index in [0.717, 1.165) is 23.4 Å². The zero-order chi connectivity index (χ0) is 17.8. The molecule has 0 unspecified atom stereocenters. The minimum absolute atomic E-state index is 0.0100. The molecule has 1 N–H and O–H groups in total. The molecule has 2 amide bonds. The van der Waals surface area contributed by atoms with Crippen LogP contribution < -0.4 is 5.32 Å². The van der Waals surface area contributed by atoms with Crippen LogP contribution in [-0.4, -0.2) is 44.1 Å². The van der Waals surface area contributed by atoms with E-state index in [0.29, 0.717) is 19.5 Å². The van der Waals surface area contributed by atoms with Crippen molar-refractivity contribution in [1.82, 2.24) is 25.0 Å². The molecule has 0 saturated carbocycles. The van der Waals surface area contributed by atoms with Crippen molar-refractivity contribution in [2.45, 2.75) is 45.8 Å². The Hall–Kier alpha value is -2.70. The second-order valence-electron chi connectivity index (χ2n) is 6.52. The number of hydrogen-bond acceptors (Lipinski definition) is 4. The standard InChI is InChI=1S/C18H23N5O2/c1-13-9-14(2)23(21-13)12-18(25)22(10-15-5-7-19-8-6-15)11-16-3-4-17(24)20-16/h5-9,16H,3-4,10-12H2,1-2H3,(H,20,24)/t16-/m0/s1. The highest BCUT2D eigenvalue weighted by molar-refractivity contribution is 5.79. The number of amides is 2. The van der Waals surface area contributed by atoms with Crippen molar-refractivity contribution in [3.8, 4) is 0 Å². The SMILES string of the molecule is Cc1cc(C)n(CC(=O)N(Cc2ccncc2)C[C@@H]2CCC(=O)N2)n1. The van der Waals surface area contributed by atoms with Crippen LogP contribution in [0.2, 0.25) is 0 Å². The summed E-state index contributed by atoms with van der Waals surface area (Å²) in [6.45, 7) is 5.05. The Morgan fingerprint density at radius 3 is 2.72 bits per heavy atom. The molecule has 25 heavy (non-hydrogen) atoms. The van der Waals surface area contributed by atoms with Crippen LogP contribution in [0.4, 0.5) is 0 Å². The minimum Gasteiger partial charge on any atom is -0.352 e. The Morgan fingerprint density at radius 2 is 2.12 bits per heavy atom. The van der Waals surface area contributed by atoms with Crippen LogP contribution in [0.15, 0.2) is 30.6 Å². The van der Waals surface area contributed by atoms with Gasteiger partial charge >= 0.3 is 0 Å². The molecule has 1 fully saturated rings. The monoisotopic (exact) mass is 341 g/mol. The first kappa shape index (κ1) is 17.1. The van der Waals surface area contributed by atoms with Crippen molar-refractivity contribution in [2.24, 2.45) is 0 Å². The fraction of sp³-hybridized carbons (Fsp3) is 0.444. The molecule has 0 aliphatic carbocycles. The van der Waals surface area contributed by atoms with Crippen molar-refractivity contribution in [3.63, 3.8) is 0 Å². The number of rotatable bonds is 6. The van der Waals surface area contributed by atoms with Crippen molar-refractivity contribution in [2.75, 3.05) is 6.54 Å². The van der Waals surface area contributed by atoms with E-state index in [2.05, 4.69) is 15.4 Å². The largest absolute Gasteiger partial charge is 0.352 e. The zero-order valence-electron chi connectivity index (χ0n) is 14.6. The summed E-state index contributed by atoms with van der Waals surface area (Å²) >= 11 is 0. The van der Waals surface area contributed by atoms with Gasteiger partial charge < -0.3 is 10.2 Å². The number of carbonyl (C=O) groups is 2. The lowest BCUT2D eigenvalue weighted by molar-refractivity contribution is -0.133. The summed E-state index contributed by atoms with van der Waals surface area (Å²) in [5.74, 6) is 0.0454. The molecular weight excluding hydrogens is 318 g/mol. The van der Waals surface area contributed by atoms with Crippen LogP contribution in [0.1, 0.15) is 29.8 Å². The topological polar surface area (TPSA) is 80.1 Å². The third-order valence-corrected chi connectivity index (χ3v) is 4.39. The van der Waals surface area contributed by atoms with Gasteiger partial charge in [-0.2, -0.15) is 5.10 Å². The highest BCUT2D eigenvalue weighted by atomic mass is 16.2. The van der Waals surface area contributed by atoms with E-state index in [4.69, 9.17) is 0 Å². The quantitative estimate of drug-likeness (QED) is 0.856. The smallest absolute Gasteiger partial charge is 0.244 e. The van der Waals surface area contributed by atoms with Gasteiger partial charge in [0.25, 0.3) is 0 Å². The summed E-state index contributed by atoms with van der Waals surface area (Å²) in [7, 11) is 0. The third-order valence-electron chi connectivity index (χ3n) is 4.39. The summed E-state index contributed by atoms with van der Waals surface area (Å²) in [5.41, 5.74) is 2.87. The number of nitrogens with zero attached hydrogens (tertiary/aromatic N) is 4. The molecule has 132 valence electrons. The Morgan fingerprint density at radius 1 is 1.36 bits per heavy atom. The lowest BCUT2D eigenvalue weighted by Crippen LogP contribution is -2.43.